The van der Waals surface area contributed by atoms with Crippen LogP contribution < -0.4 is 10.1 Å². The molecule has 20 heavy (non-hydrogen) atoms. The van der Waals surface area contributed by atoms with Gasteiger partial charge in [0.25, 0.3) is 0 Å². The molecule has 0 radical (unpaired) electrons. The van der Waals surface area contributed by atoms with E-state index in [0.717, 1.165) is 0 Å². The van der Waals surface area contributed by atoms with Crippen LogP contribution in [-0.2, 0) is 4.74 Å². The molecule has 0 aromatic carbocycles. The van der Waals surface area contributed by atoms with Gasteiger partial charge in [-0.1, -0.05) is 0 Å². The molecule has 0 atom stereocenters. The van der Waals surface area contributed by atoms with Crippen molar-refractivity contribution in [3.05, 3.63) is 24.0 Å². The molecule has 1 amide bonds. The van der Waals surface area contributed by atoms with E-state index in [9.17, 15) is 4.79 Å². The SMILES string of the molecule is CC(C)(C)OC(=O)NCCCOc1cnccc1C#N. The number of aromatic nitrogens is 1. The van der Waals surface area contributed by atoms with Crippen molar-refractivity contribution in [1.29, 1.82) is 5.26 Å². The van der Waals surface area contributed by atoms with Crippen molar-refractivity contribution in [3.8, 4) is 11.8 Å². The zero-order valence-electron chi connectivity index (χ0n) is 12.0. The number of nitrogens with zero attached hydrogens (tertiary/aromatic N) is 2. The minimum absolute atomic E-state index is 0.385. The van der Waals surface area contributed by atoms with E-state index in [1.165, 1.54) is 12.4 Å². The zero-order valence-corrected chi connectivity index (χ0v) is 12.0. The van der Waals surface area contributed by atoms with Crippen molar-refractivity contribution >= 4 is 6.09 Å². The first-order valence-corrected chi connectivity index (χ1v) is 6.36. The fourth-order valence-corrected chi connectivity index (χ4v) is 1.35. The number of carbonyl (C=O) groups excluding carboxylic acids is 1. The van der Waals surface area contributed by atoms with Crippen LogP contribution in [0.5, 0.6) is 5.75 Å². The molecule has 1 heterocycles. The minimum atomic E-state index is -0.502. The number of hydrogen-bond acceptors (Lipinski definition) is 5. The van der Waals surface area contributed by atoms with E-state index in [4.69, 9.17) is 14.7 Å². The summed E-state index contributed by atoms with van der Waals surface area (Å²) in [6.45, 7) is 6.25. The van der Waals surface area contributed by atoms with Crippen molar-refractivity contribution < 1.29 is 14.3 Å². The normalized spacial score (nSPS) is 10.5. The molecule has 6 heteroatoms. The zero-order chi connectivity index (χ0) is 15.0. The molecule has 0 saturated heterocycles. The van der Waals surface area contributed by atoms with Crippen LogP contribution in [0, 0.1) is 11.3 Å². The molecule has 1 aromatic rings. The second kappa shape index (κ2) is 7.34. The van der Waals surface area contributed by atoms with E-state index in [1.807, 2.05) is 26.8 Å². The number of amides is 1. The largest absolute Gasteiger partial charge is 0.491 e. The van der Waals surface area contributed by atoms with Gasteiger partial charge >= 0.3 is 6.09 Å². The Hall–Kier alpha value is -2.29. The Morgan fingerprint density at radius 2 is 2.25 bits per heavy atom. The molecule has 1 rings (SSSR count). The van der Waals surface area contributed by atoms with E-state index < -0.39 is 11.7 Å². The van der Waals surface area contributed by atoms with Crippen LogP contribution >= 0.6 is 0 Å². The number of carbonyl (C=O) groups is 1. The summed E-state index contributed by atoms with van der Waals surface area (Å²) in [6.07, 6.45) is 3.20. The number of ether oxygens (including phenoxy) is 2. The summed E-state index contributed by atoms with van der Waals surface area (Å²) in [5.41, 5.74) is -0.0575. The summed E-state index contributed by atoms with van der Waals surface area (Å²) in [7, 11) is 0. The lowest BCUT2D eigenvalue weighted by atomic mass is 10.2. The second-order valence-electron chi connectivity index (χ2n) is 5.11. The Kier molecular flexibility index (Phi) is 5.78. The highest BCUT2D eigenvalue weighted by Crippen LogP contribution is 2.14. The van der Waals surface area contributed by atoms with Crippen molar-refractivity contribution in [1.82, 2.24) is 10.3 Å². The van der Waals surface area contributed by atoms with Gasteiger partial charge in [-0.2, -0.15) is 5.26 Å². The van der Waals surface area contributed by atoms with Crippen LogP contribution in [0.1, 0.15) is 32.8 Å². The molecule has 1 aromatic heterocycles. The third kappa shape index (κ3) is 6.05. The van der Waals surface area contributed by atoms with Crippen LogP contribution in [0.15, 0.2) is 18.5 Å². The third-order valence-electron chi connectivity index (χ3n) is 2.15. The van der Waals surface area contributed by atoms with Gasteiger partial charge < -0.3 is 14.8 Å². The summed E-state index contributed by atoms with van der Waals surface area (Å²) in [4.78, 5) is 15.3. The van der Waals surface area contributed by atoms with Crippen LogP contribution in [-0.4, -0.2) is 29.8 Å². The fourth-order valence-electron chi connectivity index (χ4n) is 1.35. The van der Waals surface area contributed by atoms with E-state index >= 15 is 0 Å². The predicted molar refractivity (Wildman–Crippen MR) is 73.3 cm³/mol. The molecule has 0 bridgehead atoms. The van der Waals surface area contributed by atoms with Crippen molar-refractivity contribution in [3.63, 3.8) is 0 Å². The van der Waals surface area contributed by atoms with E-state index in [0.29, 0.717) is 30.9 Å². The van der Waals surface area contributed by atoms with Gasteiger partial charge in [0.05, 0.1) is 18.4 Å². The lowest BCUT2D eigenvalue weighted by Gasteiger charge is -2.19. The second-order valence-corrected chi connectivity index (χ2v) is 5.11. The fraction of sp³-hybridized carbons (Fsp3) is 0.500. The minimum Gasteiger partial charge on any atom is -0.491 e. The lowest BCUT2D eigenvalue weighted by molar-refractivity contribution is 0.0525. The molecular formula is C14H19N3O3. The Morgan fingerprint density at radius 1 is 1.50 bits per heavy atom. The summed E-state index contributed by atoms with van der Waals surface area (Å²) >= 11 is 0. The maximum Gasteiger partial charge on any atom is 0.407 e. The maximum absolute atomic E-state index is 11.4. The standard InChI is InChI=1S/C14H19N3O3/c1-14(2,3)20-13(18)17-6-4-8-19-12-10-16-7-5-11(12)9-15/h5,7,10H,4,6,8H2,1-3H3,(H,17,18). The average Bonchev–Trinajstić information content (AvgIpc) is 2.36. The van der Waals surface area contributed by atoms with Crippen LogP contribution in [0.2, 0.25) is 0 Å². The molecule has 0 spiro atoms. The molecule has 108 valence electrons. The molecular weight excluding hydrogens is 258 g/mol. The first-order valence-electron chi connectivity index (χ1n) is 6.36. The highest BCUT2D eigenvalue weighted by molar-refractivity contribution is 5.67. The molecule has 1 N–H and O–H groups in total. The average molecular weight is 277 g/mol. The Bertz CT molecular complexity index is 489. The van der Waals surface area contributed by atoms with Gasteiger partial charge in [0.2, 0.25) is 0 Å². The van der Waals surface area contributed by atoms with Gasteiger partial charge in [0, 0.05) is 12.7 Å². The third-order valence-corrected chi connectivity index (χ3v) is 2.15. The number of nitriles is 1. The Balaban J connectivity index is 2.23. The number of pyridine rings is 1. The first kappa shape index (κ1) is 15.8. The molecule has 0 fully saturated rings. The number of alkyl carbamates (subject to hydrolysis) is 1. The van der Waals surface area contributed by atoms with Gasteiger partial charge in [-0.05, 0) is 33.3 Å². The number of nitrogens with one attached hydrogen (secondary N) is 1. The molecule has 0 aliphatic rings. The number of rotatable bonds is 5. The monoisotopic (exact) mass is 277 g/mol. The smallest absolute Gasteiger partial charge is 0.407 e. The van der Waals surface area contributed by atoms with Gasteiger partial charge in [0.15, 0.2) is 5.75 Å². The van der Waals surface area contributed by atoms with Gasteiger partial charge in [-0.25, -0.2) is 4.79 Å². The Morgan fingerprint density at radius 3 is 2.90 bits per heavy atom. The van der Waals surface area contributed by atoms with Gasteiger partial charge in [-0.3, -0.25) is 4.98 Å². The molecule has 0 saturated carbocycles. The van der Waals surface area contributed by atoms with Crippen molar-refractivity contribution in [2.24, 2.45) is 0 Å². The quantitative estimate of drug-likeness (QED) is 0.834. The van der Waals surface area contributed by atoms with E-state index in [2.05, 4.69) is 10.3 Å². The highest BCUT2D eigenvalue weighted by Gasteiger charge is 2.15. The summed E-state index contributed by atoms with van der Waals surface area (Å²) in [5.74, 6) is 0.451. The van der Waals surface area contributed by atoms with Crippen LogP contribution in [0.25, 0.3) is 0 Å². The van der Waals surface area contributed by atoms with Gasteiger partial charge in [-0.15, -0.1) is 0 Å². The van der Waals surface area contributed by atoms with E-state index in [1.54, 1.807) is 6.07 Å². The number of hydrogen-bond donors (Lipinski definition) is 1. The summed E-state index contributed by atoms with van der Waals surface area (Å²) in [5, 5.41) is 11.5. The highest BCUT2D eigenvalue weighted by atomic mass is 16.6. The maximum atomic E-state index is 11.4. The molecule has 0 aliphatic carbocycles. The molecule has 0 aliphatic heterocycles. The summed E-state index contributed by atoms with van der Waals surface area (Å²) < 4.78 is 10.5. The summed E-state index contributed by atoms with van der Waals surface area (Å²) in [6, 6.07) is 3.62. The molecule has 0 unspecified atom stereocenters. The van der Waals surface area contributed by atoms with Gasteiger partial charge in [0.1, 0.15) is 11.7 Å². The predicted octanol–water partition coefficient (Wildman–Crippen LogP) is 2.25. The van der Waals surface area contributed by atoms with E-state index in [-0.39, 0.29) is 0 Å². The topological polar surface area (TPSA) is 84.2 Å². The van der Waals surface area contributed by atoms with Crippen LogP contribution in [0.4, 0.5) is 4.79 Å². The Labute approximate surface area is 118 Å². The lowest BCUT2D eigenvalue weighted by Crippen LogP contribution is -2.33. The first-order chi connectivity index (χ1) is 9.42. The van der Waals surface area contributed by atoms with Crippen molar-refractivity contribution in [2.45, 2.75) is 32.8 Å². The molecule has 6 nitrogen and oxygen atoms in total. The van der Waals surface area contributed by atoms with Crippen molar-refractivity contribution in [2.75, 3.05) is 13.2 Å². The van der Waals surface area contributed by atoms with Crippen LogP contribution in [0.3, 0.4) is 0 Å².